The zero-order chi connectivity index (χ0) is 13.8. The molecule has 0 bridgehead atoms. The molecule has 0 aromatic heterocycles. The minimum Gasteiger partial charge on any atom is -0.467 e. The van der Waals surface area contributed by atoms with Crippen LogP contribution in [-0.4, -0.2) is 31.8 Å². The number of ether oxygens (including phenoxy) is 2. The van der Waals surface area contributed by atoms with E-state index < -0.39 is 18.1 Å². The summed E-state index contributed by atoms with van der Waals surface area (Å²) in [5.74, 6) is -0.438. The van der Waals surface area contributed by atoms with Gasteiger partial charge in [-0.1, -0.05) is 25.8 Å². The lowest BCUT2D eigenvalue weighted by molar-refractivity contribution is -0.143. The van der Waals surface area contributed by atoms with Gasteiger partial charge in [0.15, 0.2) is 0 Å². The van der Waals surface area contributed by atoms with Crippen LogP contribution in [0.5, 0.6) is 0 Å². The molecule has 1 amide bonds. The zero-order valence-corrected chi connectivity index (χ0v) is 11.2. The lowest BCUT2D eigenvalue weighted by Crippen LogP contribution is -2.41. The van der Waals surface area contributed by atoms with E-state index in [2.05, 4.69) is 16.6 Å². The monoisotopic (exact) mass is 257 g/mol. The van der Waals surface area contributed by atoms with E-state index in [1.807, 2.05) is 6.92 Å². The van der Waals surface area contributed by atoms with Gasteiger partial charge >= 0.3 is 12.1 Å². The van der Waals surface area contributed by atoms with E-state index in [0.717, 1.165) is 25.7 Å². The second-order valence-electron chi connectivity index (χ2n) is 3.93. The van der Waals surface area contributed by atoms with Crippen molar-refractivity contribution in [2.45, 2.75) is 45.1 Å². The third-order valence-corrected chi connectivity index (χ3v) is 2.41. The molecule has 0 rings (SSSR count). The Bertz CT molecular complexity index is 266. The molecule has 1 N–H and O–H groups in total. The van der Waals surface area contributed by atoms with E-state index in [9.17, 15) is 9.59 Å². The van der Waals surface area contributed by atoms with Crippen LogP contribution in [-0.2, 0) is 14.3 Å². The van der Waals surface area contributed by atoms with Crippen molar-refractivity contribution < 1.29 is 19.1 Å². The second kappa shape index (κ2) is 10.6. The normalized spacial score (nSPS) is 11.4. The molecule has 18 heavy (non-hydrogen) atoms. The Labute approximate surface area is 109 Å². The highest BCUT2D eigenvalue weighted by atomic mass is 16.6. The average molecular weight is 257 g/mol. The molecule has 0 aliphatic heterocycles. The van der Waals surface area contributed by atoms with Crippen LogP contribution in [0.4, 0.5) is 4.79 Å². The van der Waals surface area contributed by atoms with Gasteiger partial charge < -0.3 is 14.8 Å². The van der Waals surface area contributed by atoms with Gasteiger partial charge in [-0.05, 0) is 19.3 Å². The molecule has 5 heteroatoms. The summed E-state index contributed by atoms with van der Waals surface area (Å²) < 4.78 is 9.57. The van der Waals surface area contributed by atoms with Crippen LogP contribution in [0, 0.1) is 0 Å². The van der Waals surface area contributed by atoms with Crippen molar-refractivity contribution >= 4 is 12.1 Å². The Morgan fingerprint density at radius 1 is 1.39 bits per heavy atom. The van der Waals surface area contributed by atoms with Gasteiger partial charge in [0, 0.05) is 0 Å². The molecule has 1 atom stereocenters. The molecule has 0 fully saturated rings. The van der Waals surface area contributed by atoms with Gasteiger partial charge in [-0.3, -0.25) is 0 Å². The lowest BCUT2D eigenvalue weighted by Gasteiger charge is -2.15. The van der Waals surface area contributed by atoms with Crippen LogP contribution in [0.3, 0.4) is 0 Å². The predicted molar refractivity (Wildman–Crippen MR) is 69.2 cm³/mol. The minimum absolute atomic E-state index is 0.319. The molecule has 0 heterocycles. The van der Waals surface area contributed by atoms with Crippen LogP contribution in [0.2, 0.25) is 0 Å². The fourth-order valence-electron chi connectivity index (χ4n) is 1.38. The summed E-state index contributed by atoms with van der Waals surface area (Å²) in [4.78, 5) is 22.9. The van der Waals surface area contributed by atoms with Crippen molar-refractivity contribution in [2.24, 2.45) is 0 Å². The van der Waals surface area contributed by atoms with Crippen molar-refractivity contribution in [3.05, 3.63) is 12.7 Å². The summed E-state index contributed by atoms with van der Waals surface area (Å²) >= 11 is 0. The van der Waals surface area contributed by atoms with Crippen LogP contribution in [0.25, 0.3) is 0 Å². The summed E-state index contributed by atoms with van der Waals surface area (Å²) in [5.41, 5.74) is 0. The first-order valence-electron chi connectivity index (χ1n) is 6.27. The number of hydrogen-bond acceptors (Lipinski definition) is 4. The van der Waals surface area contributed by atoms with Gasteiger partial charge in [-0.25, -0.2) is 9.59 Å². The zero-order valence-electron chi connectivity index (χ0n) is 11.2. The standard InChI is InChI=1S/C13H23NO4/c1-4-6-8-10-18-13(16)14-11(9-7-5-2)12(15)17-3/h4,11H,1,5-10H2,2-3H3,(H,14,16). The number of amides is 1. The fraction of sp³-hybridized carbons (Fsp3) is 0.692. The number of carbonyl (C=O) groups is 2. The quantitative estimate of drug-likeness (QED) is 0.391. The SMILES string of the molecule is C=CCCCOC(=O)NC(CCCC)C(=O)OC. The number of hydrogen-bond donors (Lipinski definition) is 1. The summed E-state index contributed by atoms with van der Waals surface area (Å²) in [5, 5.41) is 2.52. The molecule has 0 aromatic rings. The largest absolute Gasteiger partial charge is 0.467 e. The third-order valence-electron chi connectivity index (χ3n) is 2.41. The van der Waals surface area contributed by atoms with Gasteiger partial charge in [0.05, 0.1) is 13.7 Å². The van der Waals surface area contributed by atoms with E-state index in [1.54, 1.807) is 6.08 Å². The topological polar surface area (TPSA) is 64.6 Å². The minimum atomic E-state index is -0.623. The van der Waals surface area contributed by atoms with Gasteiger partial charge in [-0.15, -0.1) is 6.58 Å². The van der Waals surface area contributed by atoms with E-state index >= 15 is 0 Å². The van der Waals surface area contributed by atoms with Gasteiger partial charge in [-0.2, -0.15) is 0 Å². The molecule has 0 aliphatic rings. The van der Waals surface area contributed by atoms with E-state index in [-0.39, 0.29) is 0 Å². The first kappa shape index (κ1) is 16.5. The first-order valence-corrected chi connectivity index (χ1v) is 6.27. The summed E-state index contributed by atoms with van der Waals surface area (Å²) in [7, 11) is 1.30. The number of alkyl carbamates (subject to hydrolysis) is 1. The Morgan fingerprint density at radius 3 is 2.67 bits per heavy atom. The molecule has 0 aliphatic carbocycles. The van der Waals surface area contributed by atoms with Crippen molar-refractivity contribution in [2.75, 3.05) is 13.7 Å². The second-order valence-corrected chi connectivity index (χ2v) is 3.93. The van der Waals surface area contributed by atoms with Crippen LogP contribution in [0.1, 0.15) is 39.0 Å². The maximum atomic E-state index is 11.4. The Hall–Kier alpha value is -1.52. The number of unbranched alkanes of at least 4 members (excludes halogenated alkanes) is 2. The average Bonchev–Trinajstić information content (AvgIpc) is 2.38. The molecule has 104 valence electrons. The van der Waals surface area contributed by atoms with Crippen LogP contribution < -0.4 is 5.32 Å². The van der Waals surface area contributed by atoms with Crippen LogP contribution >= 0.6 is 0 Å². The molecule has 0 saturated heterocycles. The molecular formula is C13H23NO4. The highest BCUT2D eigenvalue weighted by Crippen LogP contribution is 2.03. The smallest absolute Gasteiger partial charge is 0.407 e. The van der Waals surface area contributed by atoms with Gasteiger partial charge in [0.2, 0.25) is 0 Å². The van der Waals surface area contributed by atoms with Gasteiger partial charge in [0.25, 0.3) is 0 Å². The molecule has 0 spiro atoms. The molecule has 1 unspecified atom stereocenters. The van der Waals surface area contributed by atoms with Crippen molar-refractivity contribution in [3.8, 4) is 0 Å². The van der Waals surface area contributed by atoms with Crippen molar-refractivity contribution in [1.29, 1.82) is 0 Å². The predicted octanol–water partition coefficient (Wildman–Crippen LogP) is 2.41. The van der Waals surface area contributed by atoms with Crippen molar-refractivity contribution in [3.63, 3.8) is 0 Å². The summed E-state index contributed by atoms with van der Waals surface area (Å²) in [6, 6.07) is -0.623. The number of rotatable bonds is 9. The molecule has 5 nitrogen and oxygen atoms in total. The fourth-order valence-corrected chi connectivity index (χ4v) is 1.38. The highest BCUT2D eigenvalue weighted by Gasteiger charge is 2.21. The van der Waals surface area contributed by atoms with Crippen molar-refractivity contribution in [1.82, 2.24) is 5.32 Å². The van der Waals surface area contributed by atoms with Gasteiger partial charge in [0.1, 0.15) is 6.04 Å². The van der Waals surface area contributed by atoms with Crippen LogP contribution in [0.15, 0.2) is 12.7 Å². The summed E-state index contributed by atoms with van der Waals surface area (Å²) in [6.45, 7) is 5.91. The number of methoxy groups -OCH3 is 1. The number of esters is 1. The van der Waals surface area contributed by atoms with E-state index in [0.29, 0.717) is 13.0 Å². The molecule has 0 saturated carbocycles. The Kier molecular flexibility index (Phi) is 9.73. The number of allylic oxidation sites excluding steroid dienone is 1. The molecule has 0 radical (unpaired) electrons. The number of carbonyl (C=O) groups excluding carboxylic acids is 2. The molecule has 0 aromatic carbocycles. The Balaban J connectivity index is 4.01. The first-order chi connectivity index (χ1) is 8.65. The maximum absolute atomic E-state index is 11.4. The Morgan fingerprint density at radius 2 is 2.11 bits per heavy atom. The highest BCUT2D eigenvalue weighted by molar-refractivity contribution is 5.81. The van der Waals surface area contributed by atoms with E-state index in [4.69, 9.17) is 4.74 Å². The van der Waals surface area contributed by atoms with E-state index in [1.165, 1.54) is 7.11 Å². The lowest BCUT2D eigenvalue weighted by atomic mass is 10.1. The molecular weight excluding hydrogens is 234 g/mol. The number of nitrogens with one attached hydrogen (secondary N) is 1. The summed E-state index contributed by atoms with van der Waals surface area (Å²) in [6.07, 6.45) is 5.06. The third kappa shape index (κ3) is 7.70. The maximum Gasteiger partial charge on any atom is 0.407 e.